The van der Waals surface area contributed by atoms with Crippen LogP contribution in [-0.4, -0.2) is 34.0 Å². The number of rotatable bonds is 3. The van der Waals surface area contributed by atoms with Crippen molar-refractivity contribution >= 4 is 11.9 Å². The number of aromatic carboxylic acids is 1. The Morgan fingerprint density at radius 2 is 1.80 bits per heavy atom. The molecule has 0 aliphatic carbocycles. The number of likely N-dealkylation sites (tertiary alicyclic amines) is 1. The Bertz CT molecular complexity index is 502. The normalized spacial score (nSPS) is 22.6. The summed E-state index contributed by atoms with van der Waals surface area (Å²) in [6.07, 6.45) is 3.36. The molecule has 1 aromatic carbocycles. The van der Waals surface area contributed by atoms with Crippen LogP contribution in [0.15, 0.2) is 24.3 Å². The summed E-state index contributed by atoms with van der Waals surface area (Å²) in [6, 6.07) is 7.21. The number of hydrogen-bond acceptors (Lipinski definition) is 2. The first-order valence-electron chi connectivity index (χ1n) is 7.13. The number of carboxylic acids is 1. The predicted molar refractivity (Wildman–Crippen MR) is 76.7 cm³/mol. The summed E-state index contributed by atoms with van der Waals surface area (Å²) in [5.41, 5.74) is 0.813. The lowest BCUT2D eigenvalue weighted by Gasteiger charge is -2.39. The van der Waals surface area contributed by atoms with Gasteiger partial charge in [-0.1, -0.05) is 18.2 Å². The molecule has 0 aromatic heterocycles. The first kappa shape index (κ1) is 14.6. The number of amides is 1. The van der Waals surface area contributed by atoms with Crippen LogP contribution in [0.1, 0.15) is 49.0 Å². The van der Waals surface area contributed by atoms with Crippen molar-refractivity contribution in [2.45, 2.75) is 51.6 Å². The van der Waals surface area contributed by atoms with E-state index in [2.05, 4.69) is 13.8 Å². The molecule has 1 saturated heterocycles. The second kappa shape index (κ2) is 6.07. The van der Waals surface area contributed by atoms with Gasteiger partial charge in [0.2, 0.25) is 5.91 Å². The van der Waals surface area contributed by atoms with E-state index in [0.717, 1.165) is 19.3 Å². The van der Waals surface area contributed by atoms with Gasteiger partial charge in [-0.05, 0) is 44.7 Å². The number of carbonyl (C=O) groups excluding carboxylic acids is 1. The Hall–Kier alpha value is -1.84. The van der Waals surface area contributed by atoms with E-state index in [1.165, 1.54) is 0 Å². The maximum atomic E-state index is 12.5. The van der Waals surface area contributed by atoms with Crippen LogP contribution in [0, 0.1) is 0 Å². The molecule has 2 rings (SSSR count). The molecular formula is C16H21NO3. The third-order valence-corrected chi connectivity index (χ3v) is 4.07. The van der Waals surface area contributed by atoms with E-state index in [0.29, 0.717) is 5.56 Å². The van der Waals surface area contributed by atoms with Gasteiger partial charge in [0.15, 0.2) is 0 Å². The minimum atomic E-state index is -0.979. The second-order valence-corrected chi connectivity index (χ2v) is 5.57. The SMILES string of the molecule is C[C@@H]1CCC[C@H](C)N1C(=O)Cc1ccccc1C(=O)O. The van der Waals surface area contributed by atoms with Crippen molar-refractivity contribution in [1.82, 2.24) is 4.90 Å². The summed E-state index contributed by atoms with van der Waals surface area (Å²) < 4.78 is 0. The predicted octanol–water partition coefficient (Wildman–Crippen LogP) is 2.72. The molecule has 2 atom stereocenters. The van der Waals surface area contributed by atoms with E-state index >= 15 is 0 Å². The first-order chi connectivity index (χ1) is 9.50. The summed E-state index contributed by atoms with van der Waals surface area (Å²) in [6.45, 7) is 4.13. The van der Waals surface area contributed by atoms with Crippen molar-refractivity contribution in [3.8, 4) is 0 Å². The monoisotopic (exact) mass is 275 g/mol. The van der Waals surface area contributed by atoms with Crippen LogP contribution in [0.2, 0.25) is 0 Å². The van der Waals surface area contributed by atoms with Crippen molar-refractivity contribution in [3.63, 3.8) is 0 Å². The van der Waals surface area contributed by atoms with Gasteiger partial charge in [-0.15, -0.1) is 0 Å². The summed E-state index contributed by atoms with van der Waals surface area (Å²) in [5.74, 6) is -0.952. The second-order valence-electron chi connectivity index (χ2n) is 5.57. The van der Waals surface area contributed by atoms with Gasteiger partial charge in [-0.25, -0.2) is 4.79 Å². The molecule has 1 aliphatic heterocycles. The Morgan fingerprint density at radius 3 is 2.40 bits per heavy atom. The van der Waals surface area contributed by atoms with Gasteiger partial charge in [0.1, 0.15) is 0 Å². The van der Waals surface area contributed by atoms with Crippen LogP contribution in [-0.2, 0) is 11.2 Å². The van der Waals surface area contributed by atoms with Crippen molar-refractivity contribution < 1.29 is 14.7 Å². The lowest BCUT2D eigenvalue weighted by Crippen LogP contribution is -2.48. The highest BCUT2D eigenvalue weighted by molar-refractivity contribution is 5.91. The Kier molecular flexibility index (Phi) is 4.42. The quantitative estimate of drug-likeness (QED) is 0.922. The molecule has 1 heterocycles. The minimum absolute atomic E-state index is 0.0263. The zero-order valence-electron chi connectivity index (χ0n) is 12.0. The summed E-state index contributed by atoms with van der Waals surface area (Å²) in [5, 5.41) is 9.17. The lowest BCUT2D eigenvalue weighted by molar-refractivity contribution is -0.136. The Labute approximate surface area is 119 Å². The van der Waals surface area contributed by atoms with Gasteiger partial charge in [-0.2, -0.15) is 0 Å². The first-order valence-corrected chi connectivity index (χ1v) is 7.13. The van der Waals surface area contributed by atoms with Crippen LogP contribution in [0.3, 0.4) is 0 Å². The lowest BCUT2D eigenvalue weighted by atomic mass is 9.95. The highest BCUT2D eigenvalue weighted by Gasteiger charge is 2.29. The van der Waals surface area contributed by atoms with Crippen molar-refractivity contribution in [3.05, 3.63) is 35.4 Å². The third-order valence-electron chi connectivity index (χ3n) is 4.07. The number of carboxylic acid groups (broad SMARTS) is 1. The molecule has 1 amide bonds. The fourth-order valence-corrected chi connectivity index (χ4v) is 3.05. The molecule has 0 bridgehead atoms. The molecule has 1 fully saturated rings. The van der Waals surface area contributed by atoms with Crippen LogP contribution >= 0.6 is 0 Å². The smallest absolute Gasteiger partial charge is 0.335 e. The molecular weight excluding hydrogens is 254 g/mol. The Morgan fingerprint density at radius 1 is 1.20 bits per heavy atom. The molecule has 4 nitrogen and oxygen atoms in total. The van der Waals surface area contributed by atoms with Gasteiger partial charge in [-0.3, -0.25) is 4.79 Å². The van der Waals surface area contributed by atoms with Crippen molar-refractivity contribution in [1.29, 1.82) is 0 Å². The number of piperidine rings is 1. The van der Waals surface area contributed by atoms with Crippen LogP contribution in [0.25, 0.3) is 0 Å². The zero-order valence-corrected chi connectivity index (χ0v) is 12.0. The summed E-state index contributed by atoms with van der Waals surface area (Å²) in [4.78, 5) is 25.6. The molecule has 0 unspecified atom stereocenters. The molecule has 1 aliphatic rings. The van der Waals surface area contributed by atoms with E-state index < -0.39 is 5.97 Å². The van der Waals surface area contributed by atoms with Crippen molar-refractivity contribution in [2.24, 2.45) is 0 Å². The van der Waals surface area contributed by atoms with Crippen LogP contribution in [0.5, 0.6) is 0 Å². The van der Waals surface area contributed by atoms with Gasteiger partial charge in [0.05, 0.1) is 12.0 Å². The van der Waals surface area contributed by atoms with Crippen LogP contribution in [0.4, 0.5) is 0 Å². The molecule has 0 saturated carbocycles. The fourth-order valence-electron chi connectivity index (χ4n) is 3.05. The highest BCUT2D eigenvalue weighted by atomic mass is 16.4. The standard InChI is InChI=1S/C16H21NO3/c1-11-6-5-7-12(2)17(11)15(18)10-13-8-3-4-9-14(13)16(19)20/h3-4,8-9,11-12H,5-7,10H2,1-2H3,(H,19,20)/t11-,12+. The topological polar surface area (TPSA) is 57.6 Å². The molecule has 1 aromatic rings. The van der Waals surface area contributed by atoms with E-state index in [-0.39, 0.29) is 30.0 Å². The average Bonchev–Trinajstić information content (AvgIpc) is 2.38. The molecule has 20 heavy (non-hydrogen) atoms. The van der Waals surface area contributed by atoms with Gasteiger partial charge >= 0.3 is 5.97 Å². The van der Waals surface area contributed by atoms with Crippen molar-refractivity contribution in [2.75, 3.05) is 0 Å². The van der Waals surface area contributed by atoms with E-state index in [1.807, 2.05) is 4.90 Å². The molecule has 0 radical (unpaired) electrons. The maximum absolute atomic E-state index is 12.5. The number of hydrogen-bond donors (Lipinski definition) is 1. The third kappa shape index (κ3) is 3.00. The summed E-state index contributed by atoms with van der Waals surface area (Å²) in [7, 11) is 0. The molecule has 4 heteroatoms. The largest absolute Gasteiger partial charge is 0.478 e. The number of carbonyl (C=O) groups is 2. The zero-order chi connectivity index (χ0) is 14.7. The van der Waals surface area contributed by atoms with Gasteiger partial charge in [0, 0.05) is 12.1 Å². The van der Waals surface area contributed by atoms with Crippen LogP contribution < -0.4 is 0 Å². The molecule has 108 valence electrons. The maximum Gasteiger partial charge on any atom is 0.335 e. The summed E-state index contributed by atoms with van der Waals surface area (Å²) >= 11 is 0. The number of nitrogens with zero attached hydrogens (tertiary/aromatic N) is 1. The van der Waals surface area contributed by atoms with E-state index in [9.17, 15) is 9.59 Å². The highest BCUT2D eigenvalue weighted by Crippen LogP contribution is 2.24. The minimum Gasteiger partial charge on any atom is -0.478 e. The molecule has 0 spiro atoms. The van der Waals surface area contributed by atoms with E-state index in [4.69, 9.17) is 5.11 Å². The Balaban J connectivity index is 2.17. The van der Waals surface area contributed by atoms with Gasteiger partial charge in [0.25, 0.3) is 0 Å². The molecule has 1 N–H and O–H groups in total. The van der Waals surface area contributed by atoms with Gasteiger partial charge < -0.3 is 10.0 Å². The fraction of sp³-hybridized carbons (Fsp3) is 0.500. The van der Waals surface area contributed by atoms with E-state index in [1.54, 1.807) is 24.3 Å². The number of benzene rings is 1. The average molecular weight is 275 g/mol.